The number of hydrogen-bond donors (Lipinski definition) is 2. The maximum absolute atomic E-state index is 10.2. The molecule has 0 atom stereocenters. The minimum absolute atomic E-state index is 0.300. The van der Waals surface area contributed by atoms with Crippen LogP contribution in [-0.2, 0) is 0 Å². The van der Waals surface area contributed by atoms with Crippen molar-refractivity contribution in [1.82, 2.24) is 0 Å². The lowest BCUT2D eigenvalue weighted by Crippen LogP contribution is -2.14. The molecule has 3 heteroatoms. The molecule has 2 aromatic carbocycles. The molecule has 1 heterocycles. The maximum Gasteiger partial charge on any atom is 0.131 e. The zero-order chi connectivity index (χ0) is 13.1. The van der Waals surface area contributed by atoms with Gasteiger partial charge in [0.1, 0.15) is 5.76 Å². The highest BCUT2D eigenvalue weighted by Gasteiger charge is 2.15. The molecule has 1 aliphatic rings. The van der Waals surface area contributed by atoms with E-state index in [1.165, 1.54) is 0 Å². The summed E-state index contributed by atoms with van der Waals surface area (Å²) in [5, 5.41) is 13.5. The zero-order valence-corrected chi connectivity index (χ0v) is 10.4. The van der Waals surface area contributed by atoms with Crippen molar-refractivity contribution in [3.05, 3.63) is 65.7 Å². The van der Waals surface area contributed by atoms with E-state index in [2.05, 4.69) is 10.3 Å². The van der Waals surface area contributed by atoms with Crippen LogP contribution in [0.15, 0.2) is 65.2 Å². The van der Waals surface area contributed by atoms with Crippen LogP contribution in [0.4, 0.5) is 11.4 Å². The Hall–Kier alpha value is -2.55. The Morgan fingerprint density at radius 1 is 1.00 bits per heavy atom. The first kappa shape index (κ1) is 11.5. The number of benzene rings is 2. The third-order valence-corrected chi connectivity index (χ3v) is 3.08. The molecule has 0 radical (unpaired) electrons. The number of hydrogen-bond acceptors (Lipinski definition) is 3. The Labute approximate surface area is 111 Å². The smallest absolute Gasteiger partial charge is 0.131 e. The van der Waals surface area contributed by atoms with Crippen molar-refractivity contribution in [3.63, 3.8) is 0 Å². The van der Waals surface area contributed by atoms with Gasteiger partial charge in [-0.2, -0.15) is 0 Å². The van der Waals surface area contributed by atoms with Crippen LogP contribution in [0.3, 0.4) is 0 Å². The summed E-state index contributed by atoms with van der Waals surface area (Å²) in [5.41, 5.74) is 3.45. The van der Waals surface area contributed by atoms with E-state index in [1.807, 2.05) is 54.6 Å². The minimum Gasteiger partial charge on any atom is -0.507 e. The molecule has 0 aliphatic carbocycles. The number of para-hydroxylation sites is 2. The lowest BCUT2D eigenvalue weighted by atomic mass is 10.0. The minimum atomic E-state index is 0.300. The summed E-state index contributed by atoms with van der Waals surface area (Å²) in [6.07, 6.45) is 1.72. The van der Waals surface area contributed by atoms with Crippen LogP contribution in [0.25, 0.3) is 5.76 Å². The Balaban J connectivity index is 1.92. The summed E-state index contributed by atoms with van der Waals surface area (Å²) in [4.78, 5) is 4.37. The molecule has 0 bridgehead atoms. The summed E-state index contributed by atoms with van der Waals surface area (Å²) in [6.45, 7) is 0.583. The Morgan fingerprint density at radius 3 is 2.58 bits per heavy atom. The highest BCUT2D eigenvalue weighted by atomic mass is 16.3. The molecule has 2 aromatic rings. The van der Waals surface area contributed by atoms with E-state index < -0.39 is 0 Å². The second-order valence-corrected chi connectivity index (χ2v) is 4.37. The number of anilines is 1. The molecule has 0 unspecified atom stereocenters. The molecular weight excluding hydrogens is 236 g/mol. The number of aliphatic hydroxyl groups excluding tert-OH is 1. The molecule has 19 heavy (non-hydrogen) atoms. The van der Waals surface area contributed by atoms with Gasteiger partial charge in [0.15, 0.2) is 0 Å². The number of nitrogens with zero attached hydrogens (tertiary/aromatic N) is 1. The fraction of sp³-hybridized carbons (Fsp3) is 0.0625. The van der Waals surface area contributed by atoms with Gasteiger partial charge in [-0.25, -0.2) is 0 Å². The molecule has 0 fully saturated rings. The molecule has 0 saturated carbocycles. The van der Waals surface area contributed by atoms with Gasteiger partial charge in [-0.3, -0.25) is 4.99 Å². The molecule has 1 aliphatic heterocycles. The Kier molecular flexibility index (Phi) is 3.02. The standard InChI is InChI=1S/C16H14N2O/c19-16-12(10-17-13-6-2-1-3-7-13)11-18-15-9-5-4-8-14(15)16/h1-10,18-19H,11H2/b17-10+. The van der Waals surface area contributed by atoms with Gasteiger partial charge in [-0.1, -0.05) is 30.3 Å². The fourth-order valence-electron chi connectivity index (χ4n) is 2.06. The summed E-state index contributed by atoms with van der Waals surface area (Å²) in [7, 11) is 0. The molecule has 0 spiro atoms. The molecule has 0 amide bonds. The van der Waals surface area contributed by atoms with E-state index in [9.17, 15) is 5.11 Å². The quantitative estimate of drug-likeness (QED) is 0.796. The lowest BCUT2D eigenvalue weighted by Gasteiger charge is -2.19. The van der Waals surface area contributed by atoms with Gasteiger partial charge in [0.25, 0.3) is 0 Å². The second-order valence-electron chi connectivity index (χ2n) is 4.37. The van der Waals surface area contributed by atoms with E-state index >= 15 is 0 Å². The van der Waals surface area contributed by atoms with Crippen molar-refractivity contribution in [2.75, 3.05) is 11.9 Å². The summed E-state index contributed by atoms with van der Waals surface area (Å²) in [6, 6.07) is 17.4. The monoisotopic (exact) mass is 250 g/mol. The van der Waals surface area contributed by atoms with Crippen molar-refractivity contribution in [3.8, 4) is 0 Å². The highest BCUT2D eigenvalue weighted by molar-refractivity contribution is 5.95. The summed E-state index contributed by atoms with van der Waals surface area (Å²) >= 11 is 0. The van der Waals surface area contributed by atoms with Crippen LogP contribution in [0.1, 0.15) is 5.56 Å². The maximum atomic E-state index is 10.2. The summed E-state index contributed by atoms with van der Waals surface area (Å²) in [5.74, 6) is 0.300. The molecular formula is C16H14N2O. The SMILES string of the molecule is OC1=C(/C=N/c2ccccc2)CNc2ccccc21. The van der Waals surface area contributed by atoms with Crippen LogP contribution < -0.4 is 5.32 Å². The number of fused-ring (bicyclic) bond motifs is 1. The van der Waals surface area contributed by atoms with Crippen molar-refractivity contribution < 1.29 is 5.11 Å². The third kappa shape index (κ3) is 2.36. The predicted octanol–water partition coefficient (Wildman–Crippen LogP) is 3.78. The van der Waals surface area contributed by atoms with Crippen LogP contribution in [0.2, 0.25) is 0 Å². The fourth-order valence-corrected chi connectivity index (χ4v) is 2.06. The van der Waals surface area contributed by atoms with Gasteiger partial charge >= 0.3 is 0 Å². The van der Waals surface area contributed by atoms with E-state index in [0.717, 1.165) is 22.5 Å². The van der Waals surface area contributed by atoms with Crippen molar-refractivity contribution >= 4 is 23.3 Å². The van der Waals surface area contributed by atoms with Gasteiger partial charge in [0.2, 0.25) is 0 Å². The first-order valence-electron chi connectivity index (χ1n) is 6.19. The van der Waals surface area contributed by atoms with Crippen LogP contribution in [0.5, 0.6) is 0 Å². The second kappa shape index (κ2) is 4.98. The predicted molar refractivity (Wildman–Crippen MR) is 79.1 cm³/mol. The molecule has 3 nitrogen and oxygen atoms in total. The van der Waals surface area contributed by atoms with E-state index in [1.54, 1.807) is 6.21 Å². The molecule has 2 N–H and O–H groups in total. The van der Waals surface area contributed by atoms with Gasteiger partial charge in [0.05, 0.1) is 5.69 Å². The van der Waals surface area contributed by atoms with Crippen molar-refractivity contribution in [1.29, 1.82) is 0 Å². The number of nitrogens with one attached hydrogen (secondary N) is 1. The third-order valence-electron chi connectivity index (χ3n) is 3.08. The zero-order valence-electron chi connectivity index (χ0n) is 10.4. The molecule has 0 aromatic heterocycles. The van der Waals surface area contributed by atoms with Crippen molar-refractivity contribution in [2.45, 2.75) is 0 Å². The first-order valence-corrected chi connectivity index (χ1v) is 6.19. The number of rotatable bonds is 2. The van der Waals surface area contributed by atoms with Crippen molar-refractivity contribution in [2.24, 2.45) is 4.99 Å². The van der Waals surface area contributed by atoms with Gasteiger partial charge in [-0.05, 0) is 24.3 Å². The van der Waals surface area contributed by atoms with Gasteiger partial charge < -0.3 is 10.4 Å². The largest absolute Gasteiger partial charge is 0.507 e. The highest BCUT2D eigenvalue weighted by Crippen LogP contribution is 2.28. The van der Waals surface area contributed by atoms with Crippen LogP contribution in [-0.4, -0.2) is 17.9 Å². The molecule has 94 valence electrons. The number of aliphatic hydroxyl groups is 1. The Morgan fingerprint density at radius 2 is 1.74 bits per heavy atom. The van der Waals surface area contributed by atoms with E-state index in [0.29, 0.717) is 12.3 Å². The molecule has 0 saturated heterocycles. The number of aliphatic imine (C=N–C) groups is 1. The van der Waals surface area contributed by atoms with Crippen LogP contribution in [0, 0.1) is 0 Å². The molecule has 3 rings (SSSR count). The van der Waals surface area contributed by atoms with Crippen LogP contribution >= 0.6 is 0 Å². The first-order chi connectivity index (χ1) is 9.34. The normalized spacial score (nSPS) is 14.3. The summed E-state index contributed by atoms with van der Waals surface area (Å²) < 4.78 is 0. The van der Waals surface area contributed by atoms with E-state index in [-0.39, 0.29) is 0 Å². The topological polar surface area (TPSA) is 44.6 Å². The average molecular weight is 250 g/mol. The van der Waals surface area contributed by atoms with Gasteiger partial charge in [0, 0.05) is 29.6 Å². The Bertz CT molecular complexity index is 645. The average Bonchev–Trinajstić information content (AvgIpc) is 2.48. The van der Waals surface area contributed by atoms with Gasteiger partial charge in [-0.15, -0.1) is 0 Å². The lowest BCUT2D eigenvalue weighted by molar-refractivity contribution is 0.507. The van der Waals surface area contributed by atoms with E-state index in [4.69, 9.17) is 0 Å².